The van der Waals surface area contributed by atoms with Crippen LogP contribution >= 0.6 is 0 Å². The van der Waals surface area contributed by atoms with Crippen molar-refractivity contribution in [1.82, 2.24) is 19.4 Å². The number of fused-ring (bicyclic) bond motifs is 2. The van der Waals surface area contributed by atoms with Crippen LogP contribution in [0.25, 0.3) is 22.2 Å². The molecule has 0 radical (unpaired) electrons. The van der Waals surface area contributed by atoms with Gasteiger partial charge in [0.2, 0.25) is 11.8 Å². The zero-order valence-electron chi connectivity index (χ0n) is 23.6. The Hall–Kier alpha value is -6.09. The summed E-state index contributed by atoms with van der Waals surface area (Å²) in [6, 6.07) is 29.0. The second kappa shape index (κ2) is 10.6. The summed E-state index contributed by atoms with van der Waals surface area (Å²) in [6.07, 6.45) is 3.35. The van der Waals surface area contributed by atoms with Crippen molar-refractivity contribution in [3.63, 3.8) is 0 Å². The number of nitrogens with zero attached hydrogens (tertiary/aromatic N) is 4. The van der Waals surface area contributed by atoms with Crippen LogP contribution in [-0.2, 0) is 6.54 Å². The molecule has 3 heterocycles. The van der Waals surface area contributed by atoms with Crippen molar-refractivity contribution in [3.05, 3.63) is 137 Å². The predicted molar refractivity (Wildman–Crippen MR) is 166 cm³/mol. The Kier molecular flexibility index (Phi) is 6.47. The molecule has 7 rings (SSSR count). The van der Waals surface area contributed by atoms with Gasteiger partial charge in [0, 0.05) is 17.9 Å². The van der Waals surface area contributed by atoms with Crippen LogP contribution in [0.5, 0.6) is 5.88 Å². The van der Waals surface area contributed by atoms with E-state index in [4.69, 9.17) is 4.99 Å². The summed E-state index contributed by atoms with van der Waals surface area (Å²) in [6.45, 7) is 1.51. The van der Waals surface area contributed by atoms with Gasteiger partial charge in [-0.15, -0.1) is 0 Å². The molecule has 214 valence electrons. The van der Waals surface area contributed by atoms with E-state index in [1.807, 2.05) is 66.7 Å². The number of aromatic amines is 1. The van der Waals surface area contributed by atoms with Gasteiger partial charge in [0.1, 0.15) is 0 Å². The van der Waals surface area contributed by atoms with Crippen LogP contribution in [0.2, 0.25) is 0 Å². The summed E-state index contributed by atoms with van der Waals surface area (Å²) in [5.41, 5.74) is 6.13. The van der Waals surface area contributed by atoms with Crippen molar-refractivity contribution in [2.24, 2.45) is 4.99 Å². The first kappa shape index (κ1) is 26.8. The standard InChI is InChI=1S/C35H25N5O4/c1-21(41)40-30-9-5-4-8-28(30)31(35(40)44)32(38-25-16-14-23(15-17-25)29-18-36-20-37-29)24-12-10-22(11-13-24)19-39-33(42)26-6-2-3-7-27(26)34(39)43/h2-18,20,44H,19H2,1H3,(H,36,37). The van der Waals surface area contributed by atoms with Crippen molar-refractivity contribution in [2.75, 3.05) is 0 Å². The fraction of sp³-hybridized carbons (Fsp3) is 0.0571. The summed E-state index contributed by atoms with van der Waals surface area (Å²) in [7, 11) is 0. The van der Waals surface area contributed by atoms with Crippen molar-refractivity contribution in [1.29, 1.82) is 0 Å². The number of aromatic hydroxyl groups is 1. The quantitative estimate of drug-likeness (QED) is 0.176. The molecule has 0 bridgehead atoms. The number of H-pyrrole nitrogens is 1. The fourth-order valence-electron chi connectivity index (χ4n) is 5.64. The molecular weight excluding hydrogens is 554 g/mol. The van der Waals surface area contributed by atoms with E-state index in [2.05, 4.69) is 9.97 Å². The monoisotopic (exact) mass is 579 g/mol. The predicted octanol–water partition coefficient (Wildman–Crippen LogP) is 6.36. The van der Waals surface area contributed by atoms with Gasteiger partial charge >= 0.3 is 0 Å². The van der Waals surface area contributed by atoms with E-state index in [1.54, 1.807) is 42.9 Å². The molecule has 44 heavy (non-hydrogen) atoms. The van der Waals surface area contributed by atoms with Gasteiger partial charge in [0.25, 0.3) is 11.8 Å². The first-order valence-electron chi connectivity index (χ1n) is 14.0. The Morgan fingerprint density at radius 1 is 0.864 bits per heavy atom. The van der Waals surface area contributed by atoms with Crippen LogP contribution in [0.1, 0.15) is 49.1 Å². The number of imidazole rings is 1. The zero-order chi connectivity index (χ0) is 30.4. The number of aliphatic imine (C=N–C) groups is 1. The molecular formula is C35H25N5O4. The fourth-order valence-corrected chi connectivity index (χ4v) is 5.64. The van der Waals surface area contributed by atoms with Gasteiger partial charge < -0.3 is 10.1 Å². The van der Waals surface area contributed by atoms with Gasteiger partial charge in [-0.25, -0.2) is 9.98 Å². The highest BCUT2D eigenvalue weighted by molar-refractivity contribution is 6.23. The lowest BCUT2D eigenvalue weighted by atomic mass is 9.99. The summed E-state index contributed by atoms with van der Waals surface area (Å²) >= 11 is 0. The van der Waals surface area contributed by atoms with Gasteiger partial charge in [0.05, 0.1) is 58.4 Å². The Morgan fingerprint density at radius 3 is 2.16 bits per heavy atom. The second-order valence-corrected chi connectivity index (χ2v) is 10.5. The normalized spacial score (nSPS) is 13.1. The summed E-state index contributed by atoms with van der Waals surface area (Å²) in [5.74, 6) is -1.18. The molecule has 0 spiro atoms. The van der Waals surface area contributed by atoms with Gasteiger partial charge in [-0.2, -0.15) is 0 Å². The largest absolute Gasteiger partial charge is 0.494 e. The lowest BCUT2D eigenvalue weighted by Crippen LogP contribution is -2.29. The number of carbonyl (C=O) groups is 3. The Labute approximate surface area is 251 Å². The second-order valence-electron chi connectivity index (χ2n) is 10.5. The maximum Gasteiger partial charge on any atom is 0.261 e. The van der Waals surface area contributed by atoms with Gasteiger partial charge in [-0.1, -0.05) is 66.7 Å². The van der Waals surface area contributed by atoms with Gasteiger partial charge in [-0.05, 0) is 41.5 Å². The number of imide groups is 1. The third-order valence-corrected chi connectivity index (χ3v) is 7.77. The van der Waals surface area contributed by atoms with E-state index in [-0.39, 0.29) is 30.1 Å². The number of para-hydroxylation sites is 1. The van der Waals surface area contributed by atoms with Crippen molar-refractivity contribution in [3.8, 4) is 17.1 Å². The minimum Gasteiger partial charge on any atom is -0.494 e. The molecule has 6 aromatic rings. The highest BCUT2D eigenvalue weighted by Crippen LogP contribution is 2.35. The number of nitrogens with one attached hydrogen (secondary N) is 1. The summed E-state index contributed by atoms with van der Waals surface area (Å²) in [5, 5.41) is 12.1. The number of hydrogen-bond donors (Lipinski definition) is 2. The molecule has 0 fully saturated rings. The first-order chi connectivity index (χ1) is 21.4. The zero-order valence-corrected chi connectivity index (χ0v) is 23.6. The minimum absolute atomic E-state index is 0.114. The topological polar surface area (TPSA) is 121 Å². The van der Waals surface area contributed by atoms with Crippen LogP contribution in [0.15, 0.2) is 115 Å². The summed E-state index contributed by atoms with van der Waals surface area (Å²) < 4.78 is 1.28. The number of hydrogen-bond acceptors (Lipinski definition) is 6. The van der Waals surface area contributed by atoms with Crippen molar-refractivity contribution >= 4 is 40.0 Å². The van der Waals surface area contributed by atoms with E-state index in [0.29, 0.717) is 44.6 Å². The Bertz CT molecular complexity index is 2070. The minimum atomic E-state index is -0.329. The van der Waals surface area contributed by atoms with Crippen molar-refractivity contribution < 1.29 is 19.5 Å². The Morgan fingerprint density at radius 2 is 1.52 bits per heavy atom. The molecule has 9 heteroatoms. The first-order valence-corrected chi connectivity index (χ1v) is 14.0. The highest BCUT2D eigenvalue weighted by Gasteiger charge is 2.35. The van der Waals surface area contributed by atoms with Crippen LogP contribution in [0.4, 0.5) is 5.69 Å². The molecule has 2 amide bonds. The van der Waals surface area contributed by atoms with E-state index in [9.17, 15) is 19.5 Å². The molecule has 0 saturated heterocycles. The molecule has 2 N–H and O–H groups in total. The van der Waals surface area contributed by atoms with Crippen LogP contribution in [0.3, 0.4) is 0 Å². The molecule has 4 aromatic carbocycles. The number of benzene rings is 4. The molecule has 2 aromatic heterocycles. The number of carbonyl (C=O) groups excluding carboxylic acids is 3. The van der Waals surface area contributed by atoms with Crippen LogP contribution in [-0.4, -0.2) is 48.0 Å². The Balaban J connectivity index is 1.30. The van der Waals surface area contributed by atoms with Crippen molar-refractivity contribution in [2.45, 2.75) is 13.5 Å². The van der Waals surface area contributed by atoms with E-state index in [0.717, 1.165) is 16.8 Å². The van der Waals surface area contributed by atoms with E-state index in [1.165, 1.54) is 16.4 Å². The lowest BCUT2D eigenvalue weighted by Gasteiger charge is -2.15. The third-order valence-electron chi connectivity index (χ3n) is 7.77. The third kappa shape index (κ3) is 4.47. The number of amides is 2. The molecule has 1 aliphatic heterocycles. The van der Waals surface area contributed by atoms with Gasteiger partial charge in [-0.3, -0.25) is 23.9 Å². The average molecular weight is 580 g/mol. The number of rotatable bonds is 6. The van der Waals surface area contributed by atoms with E-state index < -0.39 is 0 Å². The van der Waals surface area contributed by atoms with Crippen LogP contribution in [0, 0.1) is 0 Å². The molecule has 0 aliphatic carbocycles. The maximum atomic E-state index is 12.9. The molecule has 9 nitrogen and oxygen atoms in total. The van der Waals surface area contributed by atoms with E-state index >= 15 is 0 Å². The highest BCUT2D eigenvalue weighted by atomic mass is 16.3. The molecule has 0 atom stereocenters. The molecule has 0 unspecified atom stereocenters. The average Bonchev–Trinajstić information content (AvgIpc) is 3.74. The maximum absolute atomic E-state index is 12.9. The SMILES string of the molecule is CC(=O)n1c(O)c(C(=Nc2ccc(-c3cnc[nH]3)cc2)c2ccc(CN3C(=O)c4ccccc4C3=O)cc2)c2ccccc21. The number of aromatic nitrogens is 3. The molecule has 0 saturated carbocycles. The van der Waals surface area contributed by atoms with Gasteiger partial charge in [0.15, 0.2) is 0 Å². The smallest absolute Gasteiger partial charge is 0.261 e. The summed E-state index contributed by atoms with van der Waals surface area (Å²) in [4.78, 5) is 51.8. The molecule has 1 aliphatic rings. The van der Waals surface area contributed by atoms with Crippen LogP contribution < -0.4 is 0 Å². The lowest BCUT2D eigenvalue weighted by molar-refractivity contribution is 0.0642.